The summed E-state index contributed by atoms with van der Waals surface area (Å²) < 4.78 is 13.5. The Morgan fingerprint density at radius 1 is 1.50 bits per heavy atom. The molecule has 6 heteroatoms. The molecular weight excluding hydrogens is 255 g/mol. The van der Waals surface area contributed by atoms with Crippen molar-refractivity contribution in [3.05, 3.63) is 46.2 Å². The molecule has 0 aliphatic rings. The Morgan fingerprint density at radius 3 is 2.94 bits per heavy atom. The lowest BCUT2D eigenvalue weighted by molar-refractivity contribution is 0.0696. The molecule has 0 bridgehead atoms. The van der Waals surface area contributed by atoms with E-state index in [0.717, 1.165) is 11.8 Å². The van der Waals surface area contributed by atoms with Crippen molar-refractivity contribution >= 4 is 23.0 Å². The summed E-state index contributed by atoms with van der Waals surface area (Å²) in [6.07, 6.45) is 0.698. The average molecular weight is 266 g/mol. The lowest BCUT2D eigenvalue weighted by Crippen LogP contribution is -2.07. The third-order valence-electron chi connectivity index (χ3n) is 2.40. The van der Waals surface area contributed by atoms with E-state index in [1.807, 2.05) is 5.38 Å². The molecule has 0 amide bonds. The number of halogens is 1. The Balaban J connectivity index is 1.95. The molecule has 0 radical (unpaired) electrons. The minimum absolute atomic E-state index is 0.0578. The topological polar surface area (TPSA) is 62.2 Å². The van der Waals surface area contributed by atoms with E-state index in [2.05, 4.69) is 10.3 Å². The fraction of sp³-hybridized carbons (Fsp3) is 0.167. The molecule has 18 heavy (non-hydrogen) atoms. The van der Waals surface area contributed by atoms with Gasteiger partial charge < -0.3 is 10.4 Å². The number of carboxylic acids is 1. The van der Waals surface area contributed by atoms with E-state index in [1.54, 1.807) is 5.51 Å². The van der Waals surface area contributed by atoms with Gasteiger partial charge in [0.1, 0.15) is 5.82 Å². The third-order valence-corrected chi connectivity index (χ3v) is 3.03. The van der Waals surface area contributed by atoms with Crippen LogP contribution < -0.4 is 5.32 Å². The molecule has 0 aliphatic carbocycles. The SMILES string of the molecule is O=C(O)c1ccc(NCCc2cscn2)c(F)c1. The number of benzene rings is 1. The average Bonchev–Trinajstić information content (AvgIpc) is 2.84. The second-order valence-electron chi connectivity index (χ2n) is 3.66. The van der Waals surface area contributed by atoms with Crippen molar-refractivity contribution < 1.29 is 14.3 Å². The summed E-state index contributed by atoms with van der Waals surface area (Å²) >= 11 is 1.52. The number of rotatable bonds is 5. The van der Waals surface area contributed by atoms with Gasteiger partial charge in [0, 0.05) is 18.3 Å². The first-order valence-corrected chi connectivity index (χ1v) is 6.25. The van der Waals surface area contributed by atoms with Crippen LogP contribution in [-0.4, -0.2) is 22.6 Å². The molecule has 2 rings (SSSR count). The summed E-state index contributed by atoms with van der Waals surface area (Å²) in [4.78, 5) is 14.8. The quantitative estimate of drug-likeness (QED) is 0.873. The van der Waals surface area contributed by atoms with E-state index in [1.165, 1.54) is 23.5 Å². The predicted molar refractivity (Wildman–Crippen MR) is 67.7 cm³/mol. The van der Waals surface area contributed by atoms with Crippen LogP contribution in [0.1, 0.15) is 16.1 Å². The van der Waals surface area contributed by atoms with Crippen LogP contribution in [0, 0.1) is 5.82 Å². The molecule has 1 heterocycles. The number of carboxylic acid groups (broad SMARTS) is 1. The summed E-state index contributed by atoms with van der Waals surface area (Å²) in [5.74, 6) is -1.70. The molecule has 0 spiro atoms. The first-order chi connectivity index (χ1) is 8.66. The maximum Gasteiger partial charge on any atom is 0.335 e. The van der Waals surface area contributed by atoms with Gasteiger partial charge in [0.05, 0.1) is 22.5 Å². The minimum atomic E-state index is -1.14. The molecule has 0 saturated carbocycles. The lowest BCUT2D eigenvalue weighted by Gasteiger charge is -2.07. The van der Waals surface area contributed by atoms with Gasteiger partial charge in [-0.15, -0.1) is 11.3 Å². The van der Waals surface area contributed by atoms with Crippen molar-refractivity contribution in [2.45, 2.75) is 6.42 Å². The Labute approximate surface area is 107 Å². The van der Waals surface area contributed by atoms with Crippen molar-refractivity contribution in [1.82, 2.24) is 4.98 Å². The van der Waals surface area contributed by atoms with Crippen LogP contribution in [0.4, 0.5) is 10.1 Å². The van der Waals surface area contributed by atoms with Crippen LogP contribution in [0.25, 0.3) is 0 Å². The van der Waals surface area contributed by atoms with Gasteiger partial charge in [-0.05, 0) is 18.2 Å². The zero-order chi connectivity index (χ0) is 13.0. The lowest BCUT2D eigenvalue weighted by atomic mass is 10.2. The maximum absolute atomic E-state index is 13.5. The van der Waals surface area contributed by atoms with Gasteiger partial charge in [-0.25, -0.2) is 14.2 Å². The fourth-order valence-electron chi connectivity index (χ4n) is 1.48. The number of hydrogen-bond donors (Lipinski definition) is 2. The van der Waals surface area contributed by atoms with Crippen LogP contribution >= 0.6 is 11.3 Å². The first kappa shape index (κ1) is 12.5. The summed E-state index contributed by atoms with van der Waals surface area (Å²) in [6.45, 7) is 0.549. The highest BCUT2D eigenvalue weighted by Gasteiger charge is 2.07. The molecule has 94 valence electrons. The van der Waals surface area contributed by atoms with Crippen LogP contribution in [-0.2, 0) is 6.42 Å². The Kier molecular flexibility index (Phi) is 3.88. The summed E-state index contributed by atoms with van der Waals surface area (Å²) in [5.41, 5.74) is 2.94. The fourth-order valence-corrected chi connectivity index (χ4v) is 2.07. The van der Waals surface area contributed by atoms with E-state index in [-0.39, 0.29) is 5.56 Å². The molecule has 2 N–H and O–H groups in total. The normalized spacial score (nSPS) is 10.3. The maximum atomic E-state index is 13.5. The van der Waals surface area contributed by atoms with Crippen molar-refractivity contribution in [3.8, 4) is 0 Å². The molecule has 4 nitrogen and oxygen atoms in total. The van der Waals surface area contributed by atoms with E-state index in [9.17, 15) is 9.18 Å². The van der Waals surface area contributed by atoms with Crippen LogP contribution in [0.5, 0.6) is 0 Å². The van der Waals surface area contributed by atoms with Gasteiger partial charge in [0.2, 0.25) is 0 Å². The van der Waals surface area contributed by atoms with E-state index in [0.29, 0.717) is 18.7 Å². The van der Waals surface area contributed by atoms with Crippen LogP contribution in [0.2, 0.25) is 0 Å². The molecule has 0 atom stereocenters. The second-order valence-corrected chi connectivity index (χ2v) is 4.38. The zero-order valence-electron chi connectivity index (χ0n) is 9.39. The highest BCUT2D eigenvalue weighted by atomic mass is 32.1. The highest BCUT2D eigenvalue weighted by molar-refractivity contribution is 7.07. The van der Waals surface area contributed by atoms with Crippen molar-refractivity contribution in [1.29, 1.82) is 0 Å². The van der Waals surface area contributed by atoms with Gasteiger partial charge in [0.25, 0.3) is 0 Å². The molecular formula is C12H11FN2O2S. The van der Waals surface area contributed by atoms with Crippen molar-refractivity contribution in [3.63, 3.8) is 0 Å². The van der Waals surface area contributed by atoms with Gasteiger partial charge >= 0.3 is 5.97 Å². The van der Waals surface area contributed by atoms with Crippen molar-refractivity contribution in [2.75, 3.05) is 11.9 Å². The summed E-state index contributed by atoms with van der Waals surface area (Å²) in [7, 11) is 0. The van der Waals surface area contributed by atoms with E-state index < -0.39 is 11.8 Å². The Bertz CT molecular complexity index is 543. The predicted octanol–water partition coefficient (Wildman–Crippen LogP) is 2.64. The number of nitrogens with one attached hydrogen (secondary N) is 1. The molecule has 1 aromatic carbocycles. The van der Waals surface area contributed by atoms with Gasteiger partial charge in [0.15, 0.2) is 0 Å². The Morgan fingerprint density at radius 2 is 2.33 bits per heavy atom. The van der Waals surface area contributed by atoms with Crippen LogP contribution in [0.15, 0.2) is 29.1 Å². The first-order valence-electron chi connectivity index (χ1n) is 5.30. The second kappa shape index (κ2) is 5.59. The van der Waals surface area contributed by atoms with E-state index >= 15 is 0 Å². The highest BCUT2D eigenvalue weighted by Crippen LogP contribution is 2.16. The van der Waals surface area contributed by atoms with Crippen LogP contribution in [0.3, 0.4) is 0 Å². The number of aromatic carboxylic acids is 1. The molecule has 0 aliphatic heterocycles. The number of hydrogen-bond acceptors (Lipinski definition) is 4. The number of nitrogens with zero attached hydrogens (tertiary/aromatic N) is 1. The number of anilines is 1. The summed E-state index contributed by atoms with van der Waals surface area (Å²) in [6, 6.07) is 3.81. The minimum Gasteiger partial charge on any atom is -0.478 e. The Hall–Kier alpha value is -1.95. The summed E-state index contributed by atoms with van der Waals surface area (Å²) in [5, 5.41) is 13.6. The van der Waals surface area contributed by atoms with Gasteiger partial charge in [-0.2, -0.15) is 0 Å². The molecule has 0 saturated heterocycles. The smallest absolute Gasteiger partial charge is 0.335 e. The largest absolute Gasteiger partial charge is 0.478 e. The van der Waals surface area contributed by atoms with Gasteiger partial charge in [-0.3, -0.25) is 0 Å². The number of carbonyl (C=O) groups is 1. The standard InChI is InChI=1S/C12H11FN2O2S/c13-10-5-8(12(16)17)1-2-11(10)14-4-3-9-6-18-7-15-9/h1-2,5-7,14H,3-4H2,(H,16,17). The number of thiazole rings is 1. The van der Waals surface area contributed by atoms with E-state index in [4.69, 9.17) is 5.11 Å². The molecule has 2 aromatic rings. The monoisotopic (exact) mass is 266 g/mol. The molecule has 1 aromatic heterocycles. The molecule has 0 unspecified atom stereocenters. The van der Waals surface area contributed by atoms with Gasteiger partial charge in [-0.1, -0.05) is 0 Å². The zero-order valence-corrected chi connectivity index (χ0v) is 10.2. The number of aromatic nitrogens is 1. The molecule has 0 fully saturated rings. The van der Waals surface area contributed by atoms with Crippen molar-refractivity contribution in [2.24, 2.45) is 0 Å². The third kappa shape index (κ3) is 3.04.